The maximum Gasteiger partial charge on any atom is 0.142 e. The van der Waals surface area contributed by atoms with Crippen molar-refractivity contribution < 1.29 is 4.39 Å². The van der Waals surface area contributed by atoms with Crippen LogP contribution in [0.4, 0.5) is 4.39 Å². The largest absolute Gasteiger partial charge is 0.205 e. The Bertz CT molecular complexity index is 817. The van der Waals surface area contributed by atoms with Gasteiger partial charge in [-0.25, -0.2) is 4.39 Å². The molecule has 0 aromatic heterocycles. The van der Waals surface area contributed by atoms with Gasteiger partial charge in [-0.1, -0.05) is 85.9 Å². The van der Waals surface area contributed by atoms with E-state index >= 15 is 0 Å². The van der Waals surface area contributed by atoms with Crippen LogP contribution in [0.15, 0.2) is 59.1 Å². The standard InChI is InChI=1S/C17H10Br2ClF/c18-14-9-8-12(10-4-1-2-5-11(10)14)16(19)13-6-3-7-15(21)17(13)20/h1-9,16H. The van der Waals surface area contributed by atoms with Crippen molar-refractivity contribution in [3.05, 3.63) is 81.0 Å². The lowest BCUT2D eigenvalue weighted by atomic mass is 9.98. The smallest absolute Gasteiger partial charge is 0.142 e. The van der Waals surface area contributed by atoms with Crippen molar-refractivity contribution in [1.82, 2.24) is 0 Å². The summed E-state index contributed by atoms with van der Waals surface area (Å²) < 4.78 is 14.7. The molecule has 0 saturated carbocycles. The van der Waals surface area contributed by atoms with Gasteiger partial charge in [0.05, 0.1) is 9.85 Å². The third kappa shape index (κ3) is 2.75. The highest BCUT2D eigenvalue weighted by atomic mass is 79.9. The van der Waals surface area contributed by atoms with Crippen molar-refractivity contribution in [2.24, 2.45) is 0 Å². The lowest BCUT2D eigenvalue weighted by Gasteiger charge is -2.16. The van der Waals surface area contributed by atoms with Gasteiger partial charge in [-0.3, -0.25) is 0 Å². The summed E-state index contributed by atoms with van der Waals surface area (Å²) in [6, 6.07) is 17.0. The van der Waals surface area contributed by atoms with E-state index in [1.54, 1.807) is 6.07 Å². The molecule has 0 aliphatic carbocycles. The van der Waals surface area contributed by atoms with E-state index in [4.69, 9.17) is 11.6 Å². The molecule has 1 unspecified atom stereocenters. The van der Waals surface area contributed by atoms with Crippen LogP contribution in [-0.2, 0) is 0 Å². The second kappa shape index (κ2) is 6.07. The zero-order valence-electron chi connectivity index (χ0n) is 10.8. The van der Waals surface area contributed by atoms with E-state index in [-0.39, 0.29) is 9.85 Å². The lowest BCUT2D eigenvalue weighted by molar-refractivity contribution is 0.626. The minimum absolute atomic E-state index is 0.159. The Morgan fingerprint density at radius 3 is 2.33 bits per heavy atom. The van der Waals surface area contributed by atoms with E-state index in [2.05, 4.69) is 44.0 Å². The summed E-state index contributed by atoms with van der Waals surface area (Å²) in [5.41, 5.74) is 1.78. The normalized spacial score (nSPS) is 12.6. The molecule has 0 spiro atoms. The van der Waals surface area contributed by atoms with Gasteiger partial charge in [-0.05, 0) is 34.0 Å². The minimum atomic E-state index is -0.403. The maximum absolute atomic E-state index is 13.7. The summed E-state index contributed by atoms with van der Waals surface area (Å²) in [4.78, 5) is -0.168. The molecule has 0 saturated heterocycles. The predicted octanol–water partition coefficient (Wildman–Crippen LogP) is 6.88. The number of benzene rings is 3. The number of hydrogen-bond donors (Lipinski definition) is 0. The van der Waals surface area contributed by atoms with E-state index in [1.807, 2.05) is 30.3 Å². The first-order chi connectivity index (χ1) is 10.1. The van der Waals surface area contributed by atoms with Gasteiger partial charge in [0.2, 0.25) is 0 Å². The van der Waals surface area contributed by atoms with Crippen LogP contribution in [0.2, 0.25) is 5.02 Å². The number of fused-ring (bicyclic) bond motifs is 1. The molecular weight excluding hydrogens is 418 g/mol. The Labute approximate surface area is 144 Å². The molecule has 1 atom stereocenters. The number of rotatable bonds is 2. The Morgan fingerprint density at radius 1 is 0.857 bits per heavy atom. The number of hydrogen-bond acceptors (Lipinski definition) is 0. The molecule has 0 N–H and O–H groups in total. The Hall–Kier alpha value is -0.900. The highest BCUT2D eigenvalue weighted by Crippen LogP contribution is 2.40. The molecule has 21 heavy (non-hydrogen) atoms. The summed E-state index contributed by atoms with van der Waals surface area (Å²) in [5.74, 6) is -0.403. The fourth-order valence-electron chi connectivity index (χ4n) is 2.39. The van der Waals surface area contributed by atoms with Gasteiger partial charge < -0.3 is 0 Å². The van der Waals surface area contributed by atoms with Crippen molar-refractivity contribution in [2.75, 3.05) is 0 Å². The Balaban J connectivity index is 2.21. The van der Waals surface area contributed by atoms with Crippen molar-refractivity contribution in [3.63, 3.8) is 0 Å². The molecule has 0 radical (unpaired) electrons. The van der Waals surface area contributed by atoms with Crippen LogP contribution in [0, 0.1) is 5.82 Å². The monoisotopic (exact) mass is 426 g/mol. The zero-order valence-corrected chi connectivity index (χ0v) is 14.7. The molecule has 4 heteroatoms. The average molecular weight is 429 g/mol. The predicted molar refractivity (Wildman–Crippen MR) is 93.8 cm³/mol. The van der Waals surface area contributed by atoms with E-state index in [0.29, 0.717) is 0 Å². The van der Waals surface area contributed by atoms with Gasteiger partial charge in [0.1, 0.15) is 5.82 Å². The van der Waals surface area contributed by atoms with E-state index in [0.717, 1.165) is 26.4 Å². The van der Waals surface area contributed by atoms with Gasteiger partial charge in [0.25, 0.3) is 0 Å². The Kier molecular flexibility index (Phi) is 4.34. The summed E-state index contributed by atoms with van der Waals surface area (Å²) >= 11 is 13.3. The molecule has 0 fully saturated rings. The van der Waals surface area contributed by atoms with Gasteiger partial charge in [0.15, 0.2) is 0 Å². The van der Waals surface area contributed by atoms with Gasteiger partial charge >= 0.3 is 0 Å². The first-order valence-corrected chi connectivity index (χ1v) is 8.43. The van der Waals surface area contributed by atoms with Crippen molar-refractivity contribution >= 4 is 54.2 Å². The molecule has 3 rings (SSSR count). The summed E-state index contributed by atoms with van der Waals surface area (Å²) in [7, 11) is 0. The van der Waals surface area contributed by atoms with Gasteiger partial charge in [-0.2, -0.15) is 0 Å². The first-order valence-electron chi connectivity index (χ1n) is 6.34. The highest BCUT2D eigenvalue weighted by molar-refractivity contribution is 9.10. The molecule has 106 valence electrons. The Morgan fingerprint density at radius 2 is 1.57 bits per heavy atom. The maximum atomic E-state index is 13.7. The fraction of sp³-hybridized carbons (Fsp3) is 0.0588. The van der Waals surface area contributed by atoms with Crippen LogP contribution in [0.3, 0.4) is 0 Å². The van der Waals surface area contributed by atoms with Crippen LogP contribution in [0.1, 0.15) is 16.0 Å². The van der Waals surface area contributed by atoms with E-state index in [1.165, 1.54) is 6.07 Å². The average Bonchev–Trinajstić information content (AvgIpc) is 2.50. The molecule has 3 aromatic rings. The van der Waals surface area contributed by atoms with Crippen LogP contribution in [0.5, 0.6) is 0 Å². The number of halogens is 4. The second-order valence-electron chi connectivity index (χ2n) is 4.69. The third-order valence-electron chi connectivity index (χ3n) is 3.43. The van der Waals surface area contributed by atoms with Crippen LogP contribution < -0.4 is 0 Å². The molecule has 0 heterocycles. The van der Waals surface area contributed by atoms with Crippen LogP contribution >= 0.6 is 43.5 Å². The molecule has 0 aliphatic heterocycles. The van der Waals surface area contributed by atoms with E-state index in [9.17, 15) is 4.39 Å². The molecule has 0 bridgehead atoms. The molecule has 0 nitrogen and oxygen atoms in total. The van der Waals surface area contributed by atoms with Crippen molar-refractivity contribution in [1.29, 1.82) is 0 Å². The number of alkyl halides is 1. The van der Waals surface area contributed by atoms with Crippen LogP contribution in [-0.4, -0.2) is 0 Å². The highest BCUT2D eigenvalue weighted by Gasteiger charge is 2.18. The molecule has 0 amide bonds. The third-order valence-corrected chi connectivity index (χ3v) is 5.51. The van der Waals surface area contributed by atoms with Gasteiger partial charge in [-0.15, -0.1) is 0 Å². The molecule has 0 aliphatic rings. The fourth-order valence-corrected chi connectivity index (χ4v) is 4.02. The minimum Gasteiger partial charge on any atom is -0.205 e. The van der Waals surface area contributed by atoms with Gasteiger partial charge in [0, 0.05) is 4.47 Å². The summed E-state index contributed by atoms with van der Waals surface area (Å²) in [6.07, 6.45) is 0. The lowest BCUT2D eigenvalue weighted by Crippen LogP contribution is -1.97. The zero-order chi connectivity index (χ0) is 15.0. The van der Waals surface area contributed by atoms with E-state index < -0.39 is 5.82 Å². The molecule has 3 aromatic carbocycles. The second-order valence-corrected chi connectivity index (χ2v) is 6.84. The summed E-state index contributed by atoms with van der Waals surface area (Å²) in [5, 5.41) is 2.38. The van der Waals surface area contributed by atoms with Crippen molar-refractivity contribution in [2.45, 2.75) is 4.83 Å². The SMILES string of the molecule is Fc1cccc(C(Br)c2ccc(Br)c3ccccc23)c1Cl. The molecular formula is C17H10Br2ClF. The topological polar surface area (TPSA) is 0 Å². The summed E-state index contributed by atoms with van der Waals surface area (Å²) in [6.45, 7) is 0. The first kappa shape index (κ1) is 15.0. The van der Waals surface area contributed by atoms with Crippen LogP contribution in [0.25, 0.3) is 10.8 Å². The quantitative estimate of drug-likeness (QED) is 0.390. The van der Waals surface area contributed by atoms with Crippen molar-refractivity contribution in [3.8, 4) is 0 Å².